The van der Waals surface area contributed by atoms with Crippen LogP contribution in [0.25, 0.3) is 0 Å². The standard InChI is InChI=1S/C18H17N3O6/c1-19-18(23)16-10-20(14-4-2-3-5-15(14)27-16)17(22)11-26-13-8-6-12(7-9-13)21(24)25/h2-9,16H,10-11H2,1H3,(H,19,23). The number of nitrogens with zero attached hydrogens (tertiary/aromatic N) is 2. The predicted molar refractivity (Wildman–Crippen MR) is 95.9 cm³/mol. The van der Waals surface area contributed by atoms with Crippen LogP contribution in [0.5, 0.6) is 11.5 Å². The molecule has 27 heavy (non-hydrogen) atoms. The second-order valence-corrected chi connectivity index (χ2v) is 5.73. The van der Waals surface area contributed by atoms with Crippen LogP contribution >= 0.6 is 0 Å². The Labute approximate surface area is 154 Å². The first-order valence-corrected chi connectivity index (χ1v) is 8.14. The van der Waals surface area contributed by atoms with E-state index in [9.17, 15) is 19.7 Å². The van der Waals surface area contributed by atoms with Gasteiger partial charge in [-0.1, -0.05) is 12.1 Å². The summed E-state index contributed by atoms with van der Waals surface area (Å²) in [5, 5.41) is 13.2. The number of amides is 2. The maximum Gasteiger partial charge on any atom is 0.269 e. The molecule has 2 aromatic carbocycles. The quantitative estimate of drug-likeness (QED) is 0.630. The zero-order chi connectivity index (χ0) is 19.4. The lowest BCUT2D eigenvalue weighted by molar-refractivity contribution is -0.384. The number of carbonyl (C=O) groups excluding carboxylic acids is 2. The number of fused-ring (bicyclic) bond motifs is 1. The number of benzene rings is 2. The Hall–Kier alpha value is -3.62. The number of nitro groups is 1. The van der Waals surface area contributed by atoms with E-state index in [0.717, 1.165) is 0 Å². The summed E-state index contributed by atoms with van der Waals surface area (Å²) in [6, 6.07) is 12.4. The first-order valence-electron chi connectivity index (χ1n) is 8.14. The van der Waals surface area contributed by atoms with Gasteiger partial charge in [0.1, 0.15) is 11.5 Å². The van der Waals surface area contributed by atoms with Crippen LogP contribution < -0.4 is 19.7 Å². The van der Waals surface area contributed by atoms with Gasteiger partial charge < -0.3 is 19.7 Å². The molecular weight excluding hydrogens is 354 g/mol. The van der Waals surface area contributed by atoms with Gasteiger partial charge in [0, 0.05) is 19.2 Å². The van der Waals surface area contributed by atoms with Crippen molar-refractivity contribution >= 4 is 23.2 Å². The third kappa shape index (κ3) is 3.97. The maximum atomic E-state index is 12.7. The van der Waals surface area contributed by atoms with Crippen molar-refractivity contribution in [2.24, 2.45) is 0 Å². The van der Waals surface area contributed by atoms with Crippen molar-refractivity contribution in [2.45, 2.75) is 6.10 Å². The molecule has 0 saturated carbocycles. The second-order valence-electron chi connectivity index (χ2n) is 5.73. The van der Waals surface area contributed by atoms with Crippen molar-refractivity contribution in [3.63, 3.8) is 0 Å². The molecule has 1 atom stereocenters. The monoisotopic (exact) mass is 371 g/mol. The summed E-state index contributed by atoms with van der Waals surface area (Å²) in [6.07, 6.45) is -0.826. The number of nitrogens with one attached hydrogen (secondary N) is 1. The van der Waals surface area contributed by atoms with Crippen LogP contribution in [0.4, 0.5) is 11.4 Å². The van der Waals surface area contributed by atoms with Gasteiger partial charge in [0.2, 0.25) is 0 Å². The molecule has 2 amide bonds. The molecule has 2 aromatic rings. The lowest BCUT2D eigenvalue weighted by Gasteiger charge is -2.33. The zero-order valence-electron chi connectivity index (χ0n) is 14.5. The van der Waals surface area contributed by atoms with E-state index in [-0.39, 0.29) is 30.7 Å². The molecule has 3 rings (SSSR count). The number of para-hydroxylation sites is 2. The largest absolute Gasteiger partial charge is 0.484 e. The van der Waals surface area contributed by atoms with E-state index in [2.05, 4.69) is 5.32 Å². The van der Waals surface area contributed by atoms with Crippen LogP contribution in [0.15, 0.2) is 48.5 Å². The fraction of sp³-hybridized carbons (Fsp3) is 0.222. The highest BCUT2D eigenvalue weighted by molar-refractivity contribution is 5.98. The number of non-ortho nitro benzene ring substituents is 1. The van der Waals surface area contributed by atoms with E-state index in [1.54, 1.807) is 24.3 Å². The van der Waals surface area contributed by atoms with Crippen molar-refractivity contribution in [1.29, 1.82) is 0 Å². The second kappa shape index (κ2) is 7.73. The maximum absolute atomic E-state index is 12.7. The van der Waals surface area contributed by atoms with E-state index in [0.29, 0.717) is 17.2 Å². The molecule has 0 fully saturated rings. The highest BCUT2D eigenvalue weighted by atomic mass is 16.6. The number of rotatable bonds is 5. The van der Waals surface area contributed by atoms with Gasteiger partial charge in [0.05, 0.1) is 17.2 Å². The van der Waals surface area contributed by atoms with Gasteiger partial charge in [0.25, 0.3) is 17.5 Å². The first kappa shape index (κ1) is 18.2. The number of anilines is 1. The molecule has 1 N–H and O–H groups in total. The average Bonchev–Trinajstić information content (AvgIpc) is 2.70. The number of likely N-dealkylation sites (N-methyl/N-ethyl adjacent to an activating group) is 1. The van der Waals surface area contributed by atoms with Crippen LogP contribution in [0.1, 0.15) is 0 Å². The number of hydrogen-bond acceptors (Lipinski definition) is 6. The highest BCUT2D eigenvalue weighted by Crippen LogP contribution is 2.33. The molecule has 9 heteroatoms. The topological polar surface area (TPSA) is 111 Å². The molecule has 1 heterocycles. The number of nitro benzene ring substituents is 1. The summed E-state index contributed by atoms with van der Waals surface area (Å²) in [4.78, 5) is 36.2. The van der Waals surface area contributed by atoms with Crippen molar-refractivity contribution in [3.05, 3.63) is 58.6 Å². The molecule has 140 valence electrons. The van der Waals surface area contributed by atoms with Gasteiger partial charge in [-0.3, -0.25) is 19.7 Å². The number of hydrogen-bond donors (Lipinski definition) is 1. The lowest BCUT2D eigenvalue weighted by Crippen LogP contribution is -2.51. The number of carbonyl (C=O) groups is 2. The van der Waals surface area contributed by atoms with E-state index in [1.807, 2.05) is 0 Å². The normalized spacial score (nSPS) is 15.3. The smallest absolute Gasteiger partial charge is 0.269 e. The minimum absolute atomic E-state index is 0.0547. The summed E-state index contributed by atoms with van der Waals surface area (Å²) in [5.41, 5.74) is 0.485. The Morgan fingerprint density at radius 1 is 1.26 bits per heavy atom. The molecule has 0 aromatic heterocycles. The third-order valence-electron chi connectivity index (χ3n) is 4.02. The van der Waals surface area contributed by atoms with Crippen molar-refractivity contribution in [3.8, 4) is 11.5 Å². The van der Waals surface area contributed by atoms with E-state index in [1.165, 1.54) is 36.2 Å². The average molecular weight is 371 g/mol. The highest BCUT2D eigenvalue weighted by Gasteiger charge is 2.33. The summed E-state index contributed by atoms with van der Waals surface area (Å²) in [7, 11) is 1.50. The third-order valence-corrected chi connectivity index (χ3v) is 4.02. The van der Waals surface area contributed by atoms with Gasteiger partial charge >= 0.3 is 0 Å². The Morgan fingerprint density at radius 2 is 1.96 bits per heavy atom. The zero-order valence-corrected chi connectivity index (χ0v) is 14.5. The molecule has 0 radical (unpaired) electrons. The fourth-order valence-corrected chi connectivity index (χ4v) is 2.66. The van der Waals surface area contributed by atoms with Crippen LogP contribution in [-0.2, 0) is 9.59 Å². The van der Waals surface area contributed by atoms with Gasteiger partial charge in [-0.2, -0.15) is 0 Å². The molecule has 1 aliphatic rings. The molecule has 1 aliphatic heterocycles. The van der Waals surface area contributed by atoms with Crippen molar-refractivity contribution in [2.75, 3.05) is 25.1 Å². The minimum Gasteiger partial charge on any atom is -0.484 e. The van der Waals surface area contributed by atoms with E-state index >= 15 is 0 Å². The van der Waals surface area contributed by atoms with Crippen LogP contribution in [0.2, 0.25) is 0 Å². The van der Waals surface area contributed by atoms with Crippen LogP contribution in [-0.4, -0.2) is 43.0 Å². The molecule has 9 nitrogen and oxygen atoms in total. The van der Waals surface area contributed by atoms with Gasteiger partial charge in [-0.15, -0.1) is 0 Å². The summed E-state index contributed by atoms with van der Waals surface area (Å²) in [5.74, 6) is 0.0657. The lowest BCUT2D eigenvalue weighted by atomic mass is 10.1. The van der Waals surface area contributed by atoms with Gasteiger partial charge in [-0.25, -0.2) is 0 Å². The van der Waals surface area contributed by atoms with Crippen molar-refractivity contribution < 1.29 is 24.0 Å². The van der Waals surface area contributed by atoms with E-state index < -0.39 is 11.0 Å². The summed E-state index contributed by atoms with van der Waals surface area (Å²) >= 11 is 0. The first-order chi connectivity index (χ1) is 13.0. The predicted octanol–water partition coefficient (Wildman–Crippen LogP) is 1.51. The Bertz CT molecular complexity index is 868. The molecule has 0 aliphatic carbocycles. The number of ether oxygens (including phenoxy) is 2. The fourth-order valence-electron chi connectivity index (χ4n) is 2.66. The van der Waals surface area contributed by atoms with Crippen molar-refractivity contribution in [1.82, 2.24) is 5.32 Å². The molecule has 0 spiro atoms. The Balaban J connectivity index is 1.72. The Morgan fingerprint density at radius 3 is 2.63 bits per heavy atom. The minimum atomic E-state index is -0.826. The molecule has 1 unspecified atom stereocenters. The van der Waals surface area contributed by atoms with Gasteiger partial charge in [-0.05, 0) is 24.3 Å². The summed E-state index contributed by atoms with van der Waals surface area (Å²) in [6.45, 7) is -0.230. The molecule has 0 saturated heterocycles. The molecule has 0 bridgehead atoms. The van der Waals surface area contributed by atoms with Crippen LogP contribution in [0.3, 0.4) is 0 Å². The van der Waals surface area contributed by atoms with E-state index in [4.69, 9.17) is 9.47 Å². The molecular formula is C18H17N3O6. The van der Waals surface area contributed by atoms with Gasteiger partial charge in [0.15, 0.2) is 12.7 Å². The van der Waals surface area contributed by atoms with Crippen LogP contribution in [0, 0.1) is 10.1 Å². The summed E-state index contributed by atoms with van der Waals surface area (Å²) < 4.78 is 11.1. The SMILES string of the molecule is CNC(=O)C1CN(C(=O)COc2ccc([N+](=O)[O-])cc2)c2ccccc2O1. The Kier molecular flexibility index (Phi) is 5.20.